The van der Waals surface area contributed by atoms with Gasteiger partial charge in [-0.15, -0.1) is 0 Å². The Balaban J connectivity index is 2.21. The van der Waals surface area contributed by atoms with Crippen LogP contribution in [0.5, 0.6) is 0 Å². The van der Waals surface area contributed by atoms with Gasteiger partial charge in [0.1, 0.15) is 5.76 Å². The van der Waals surface area contributed by atoms with E-state index in [9.17, 15) is 0 Å². The summed E-state index contributed by atoms with van der Waals surface area (Å²) in [4.78, 5) is 3.22. The van der Waals surface area contributed by atoms with Gasteiger partial charge in [0.2, 0.25) is 0 Å². The molecular formula is C13H12N2OS. The van der Waals surface area contributed by atoms with Crippen molar-refractivity contribution < 1.29 is 4.42 Å². The summed E-state index contributed by atoms with van der Waals surface area (Å²) in [5.74, 6) is 0.908. The summed E-state index contributed by atoms with van der Waals surface area (Å²) in [7, 11) is 0. The zero-order chi connectivity index (χ0) is 11.8. The number of nitrogens with zero attached hydrogens (tertiary/aromatic N) is 1. The molecule has 0 aliphatic heterocycles. The van der Waals surface area contributed by atoms with Crippen LogP contribution in [0, 0.1) is 11.7 Å². The number of para-hydroxylation sites is 1. The Morgan fingerprint density at radius 1 is 1.29 bits per heavy atom. The minimum atomic E-state index is 0.663. The van der Waals surface area contributed by atoms with Gasteiger partial charge in [0, 0.05) is 0 Å². The van der Waals surface area contributed by atoms with E-state index >= 15 is 0 Å². The first-order chi connectivity index (χ1) is 8.25. The maximum absolute atomic E-state index is 5.37. The van der Waals surface area contributed by atoms with Crippen LogP contribution < -0.4 is 0 Å². The van der Waals surface area contributed by atoms with Crippen molar-refractivity contribution in [2.45, 2.75) is 13.5 Å². The van der Waals surface area contributed by atoms with Crippen LogP contribution in [0.4, 0.5) is 0 Å². The lowest BCUT2D eigenvalue weighted by Gasteiger charge is -2.04. The van der Waals surface area contributed by atoms with Crippen molar-refractivity contribution in [2.24, 2.45) is 0 Å². The number of fused-ring (bicyclic) bond motifs is 1. The molecule has 3 aromatic rings. The van der Waals surface area contributed by atoms with Crippen LogP contribution in [0.15, 0.2) is 41.0 Å². The molecule has 0 bridgehead atoms. The number of aromatic nitrogens is 2. The fourth-order valence-electron chi connectivity index (χ4n) is 2.11. The lowest BCUT2D eigenvalue weighted by Crippen LogP contribution is -1.99. The van der Waals surface area contributed by atoms with Gasteiger partial charge in [-0.25, -0.2) is 0 Å². The maximum atomic E-state index is 5.37. The molecule has 0 aliphatic carbocycles. The minimum Gasteiger partial charge on any atom is -0.467 e. The molecule has 0 aliphatic rings. The smallest absolute Gasteiger partial charge is 0.178 e. The largest absolute Gasteiger partial charge is 0.467 e. The van der Waals surface area contributed by atoms with Crippen molar-refractivity contribution in [1.82, 2.24) is 9.55 Å². The number of hydrogen-bond acceptors (Lipinski definition) is 2. The van der Waals surface area contributed by atoms with Gasteiger partial charge in [0.25, 0.3) is 0 Å². The van der Waals surface area contributed by atoms with E-state index in [2.05, 4.69) is 22.5 Å². The molecule has 3 rings (SSSR count). The van der Waals surface area contributed by atoms with Crippen molar-refractivity contribution in [1.29, 1.82) is 0 Å². The van der Waals surface area contributed by atoms with E-state index in [0.29, 0.717) is 6.54 Å². The van der Waals surface area contributed by atoms with Gasteiger partial charge >= 0.3 is 0 Å². The highest BCUT2D eigenvalue weighted by molar-refractivity contribution is 7.71. The van der Waals surface area contributed by atoms with Crippen molar-refractivity contribution in [3.63, 3.8) is 0 Å². The number of benzene rings is 1. The Labute approximate surface area is 104 Å². The lowest BCUT2D eigenvalue weighted by atomic mass is 10.2. The number of aryl methyl sites for hydroxylation is 1. The van der Waals surface area contributed by atoms with Gasteiger partial charge in [0.15, 0.2) is 4.77 Å². The standard InChI is InChI=1S/C13H12N2OS/c1-9-4-2-6-11-12(9)15(13(17)14-11)8-10-5-3-7-16-10/h2-7H,8H2,1H3,(H,14,17). The van der Waals surface area contributed by atoms with E-state index in [0.717, 1.165) is 21.6 Å². The zero-order valence-electron chi connectivity index (χ0n) is 9.43. The predicted molar refractivity (Wildman–Crippen MR) is 69.7 cm³/mol. The molecule has 0 saturated carbocycles. The molecule has 3 nitrogen and oxygen atoms in total. The average molecular weight is 244 g/mol. The second-order valence-corrected chi connectivity index (χ2v) is 4.45. The SMILES string of the molecule is Cc1cccc2[nH]c(=S)n(Cc3ccco3)c12. The van der Waals surface area contributed by atoms with Gasteiger partial charge in [-0.05, 0) is 42.9 Å². The molecule has 2 heterocycles. The monoisotopic (exact) mass is 244 g/mol. The minimum absolute atomic E-state index is 0.663. The molecule has 0 saturated heterocycles. The number of rotatable bonds is 2. The van der Waals surface area contributed by atoms with Gasteiger partial charge < -0.3 is 14.0 Å². The molecule has 4 heteroatoms. The van der Waals surface area contributed by atoms with Gasteiger partial charge in [-0.2, -0.15) is 0 Å². The molecule has 0 spiro atoms. The van der Waals surface area contributed by atoms with Crippen LogP contribution >= 0.6 is 12.2 Å². The summed E-state index contributed by atoms with van der Waals surface area (Å²) in [6.45, 7) is 2.75. The van der Waals surface area contributed by atoms with Gasteiger partial charge in [0.05, 0.1) is 23.8 Å². The highest BCUT2D eigenvalue weighted by Gasteiger charge is 2.08. The summed E-state index contributed by atoms with van der Waals surface area (Å²) < 4.78 is 8.17. The molecule has 86 valence electrons. The summed E-state index contributed by atoms with van der Waals surface area (Å²) in [5, 5.41) is 0. The lowest BCUT2D eigenvalue weighted by molar-refractivity contribution is 0.495. The molecule has 0 unspecified atom stereocenters. The molecule has 17 heavy (non-hydrogen) atoms. The second-order valence-electron chi connectivity index (χ2n) is 4.07. The Hall–Kier alpha value is -1.81. The molecule has 0 amide bonds. The van der Waals surface area contributed by atoms with Crippen LogP contribution in [0.25, 0.3) is 11.0 Å². The Kier molecular flexibility index (Phi) is 2.37. The van der Waals surface area contributed by atoms with E-state index in [1.54, 1.807) is 6.26 Å². The Morgan fingerprint density at radius 2 is 2.18 bits per heavy atom. The highest BCUT2D eigenvalue weighted by Crippen LogP contribution is 2.19. The molecule has 1 N–H and O–H groups in total. The second kappa shape index (κ2) is 3.89. The molecule has 0 fully saturated rings. The summed E-state index contributed by atoms with van der Waals surface area (Å²) in [6, 6.07) is 10.0. The maximum Gasteiger partial charge on any atom is 0.178 e. The van der Waals surface area contributed by atoms with E-state index in [4.69, 9.17) is 16.6 Å². The normalized spacial score (nSPS) is 11.1. The summed E-state index contributed by atoms with van der Waals surface area (Å²) in [5.41, 5.74) is 3.43. The molecule has 0 atom stereocenters. The molecule has 2 aromatic heterocycles. The Morgan fingerprint density at radius 3 is 2.94 bits per heavy atom. The van der Waals surface area contributed by atoms with Gasteiger partial charge in [-0.1, -0.05) is 12.1 Å². The molecular weight excluding hydrogens is 232 g/mol. The first kappa shape index (κ1) is 10.4. The number of imidazole rings is 1. The number of nitrogens with one attached hydrogen (secondary N) is 1. The topological polar surface area (TPSA) is 33.9 Å². The molecule has 1 aromatic carbocycles. The van der Waals surface area contributed by atoms with Crippen LogP contribution in [0.2, 0.25) is 0 Å². The first-order valence-electron chi connectivity index (χ1n) is 5.46. The van der Waals surface area contributed by atoms with E-state index in [-0.39, 0.29) is 0 Å². The quantitative estimate of drug-likeness (QED) is 0.698. The van der Waals surface area contributed by atoms with Crippen LogP contribution in [0.3, 0.4) is 0 Å². The fourth-order valence-corrected chi connectivity index (χ4v) is 2.38. The zero-order valence-corrected chi connectivity index (χ0v) is 10.3. The first-order valence-corrected chi connectivity index (χ1v) is 5.87. The highest BCUT2D eigenvalue weighted by atomic mass is 32.1. The van der Waals surface area contributed by atoms with Crippen LogP contribution in [0.1, 0.15) is 11.3 Å². The number of hydrogen-bond donors (Lipinski definition) is 1. The van der Waals surface area contributed by atoms with Crippen molar-refractivity contribution in [3.05, 3.63) is 52.7 Å². The van der Waals surface area contributed by atoms with Crippen molar-refractivity contribution >= 4 is 23.3 Å². The number of H-pyrrole nitrogens is 1. The van der Waals surface area contributed by atoms with Crippen molar-refractivity contribution in [3.8, 4) is 0 Å². The van der Waals surface area contributed by atoms with E-state index in [1.165, 1.54) is 5.56 Å². The van der Waals surface area contributed by atoms with Crippen molar-refractivity contribution in [2.75, 3.05) is 0 Å². The number of furan rings is 1. The summed E-state index contributed by atoms with van der Waals surface area (Å²) in [6.07, 6.45) is 1.68. The van der Waals surface area contributed by atoms with Gasteiger partial charge in [-0.3, -0.25) is 0 Å². The third kappa shape index (κ3) is 1.70. The third-order valence-corrected chi connectivity index (χ3v) is 3.21. The Bertz CT molecular complexity index is 707. The van der Waals surface area contributed by atoms with E-state index < -0.39 is 0 Å². The van der Waals surface area contributed by atoms with E-state index in [1.807, 2.05) is 24.3 Å². The summed E-state index contributed by atoms with van der Waals surface area (Å²) >= 11 is 5.35. The fraction of sp³-hybridized carbons (Fsp3) is 0.154. The van der Waals surface area contributed by atoms with Crippen LogP contribution in [-0.2, 0) is 6.54 Å². The van der Waals surface area contributed by atoms with Crippen LogP contribution in [-0.4, -0.2) is 9.55 Å². The number of aromatic amines is 1. The third-order valence-electron chi connectivity index (χ3n) is 2.89. The predicted octanol–water partition coefficient (Wildman–Crippen LogP) is 3.65. The molecule has 0 radical (unpaired) electrons. The average Bonchev–Trinajstić information content (AvgIpc) is 2.89.